The second-order valence-electron chi connectivity index (χ2n) is 8.40. The molecule has 2 N–H and O–H groups in total. The summed E-state index contributed by atoms with van der Waals surface area (Å²) in [6.07, 6.45) is 1.87. The Hall–Kier alpha value is -4.33. The summed E-state index contributed by atoms with van der Waals surface area (Å²) in [4.78, 5) is 28.1. The molecule has 1 heterocycles. The summed E-state index contributed by atoms with van der Waals surface area (Å²) in [7, 11) is 7.13. The number of nitrogens with one attached hydrogen (secondary N) is 2. The van der Waals surface area contributed by atoms with Crippen molar-refractivity contribution in [2.24, 2.45) is 0 Å². The smallest absolute Gasteiger partial charge is 0.304 e. The molecule has 1 fully saturated rings. The number of hydrazone groups is 1. The van der Waals surface area contributed by atoms with Crippen LogP contribution in [0.25, 0.3) is 0 Å². The number of benzene rings is 3. The molecule has 4 rings (SSSR count). The molecular weight excluding hydrogens is 444 g/mol. The van der Waals surface area contributed by atoms with Crippen molar-refractivity contribution in [3.8, 4) is 11.5 Å². The van der Waals surface area contributed by atoms with Gasteiger partial charge in [-0.15, -0.1) is 10.1 Å². The molecule has 8 heteroatoms. The van der Waals surface area contributed by atoms with E-state index in [1.165, 1.54) is 0 Å². The summed E-state index contributed by atoms with van der Waals surface area (Å²) >= 11 is 0. The van der Waals surface area contributed by atoms with Crippen molar-refractivity contribution in [1.29, 1.82) is 0 Å². The number of amides is 2. The van der Waals surface area contributed by atoms with E-state index >= 15 is 0 Å². The number of rotatable bonds is 7. The molecule has 0 aromatic heterocycles. The van der Waals surface area contributed by atoms with Crippen LogP contribution in [-0.4, -0.2) is 57.1 Å². The first kappa shape index (κ1) is 23.8. The van der Waals surface area contributed by atoms with E-state index in [1.54, 1.807) is 43.2 Å². The number of carbonyl (C=O) groups excluding carboxylic acids is 2. The fourth-order valence-corrected chi connectivity index (χ4v) is 3.97. The molecule has 35 heavy (non-hydrogen) atoms. The first-order chi connectivity index (χ1) is 16.9. The van der Waals surface area contributed by atoms with Crippen molar-refractivity contribution < 1.29 is 23.7 Å². The third kappa shape index (κ3) is 5.27. The molecule has 3 aromatic rings. The fourth-order valence-electron chi connectivity index (χ4n) is 3.97. The monoisotopic (exact) mass is 473 g/mol. The average molecular weight is 474 g/mol. The van der Waals surface area contributed by atoms with Crippen LogP contribution in [0.2, 0.25) is 0 Å². The average Bonchev–Trinajstić information content (AvgIpc) is 3.18. The van der Waals surface area contributed by atoms with Gasteiger partial charge in [0.05, 0.1) is 14.2 Å². The van der Waals surface area contributed by atoms with Crippen LogP contribution in [0.5, 0.6) is 11.5 Å². The first-order valence-corrected chi connectivity index (χ1v) is 11.2. The van der Waals surface area contributed by atoms with E-state index in [9.17, 15) is 9.59 Å². The Morgan fingerprint density at radius 2 is 1.49 bits per heavy atom. The highest BCUT2D eigenvalue weighted by atomic mass is 16.5. The molecule has 0 radical (unpaired) electrons. The summed E-state index contributed by atoms with van der Waals surface area (Å²) in [5, 5.41) is 2.91. The summed E-state index contributed by atoms with van der Waals surface area (Å²) in [5.74, 6) is 0.717. The zero-order valence-corrected chi connectivity index (χ0v) is 20.2. The molecule has 0 saturated carbocycles. The van der Waals surface area contributed by atoms with Gasteiger partial charge in [-0.25, -0.2) is 0 Å². The van der Waals surface area contributed by atoms with Crippen LogP contribution in [0.4, 0.5) is 5.69 Å². The predicted octanol–water partition coefficient (Wildman–Crippen LogP) is 2.79. The highest BCUT2D eigenvalue weighted by Crippen LogP contribution is 2.27. The lowest BCUT2D eigenvalue weighted by atomic mass is 9.99. The van der Waals surface area contributed by atoms with E-state index in [4.69, 9.17) is 9.47 Å². The molecule has 3 aromatic carbocycles. The van der Waals surface area contributed by atoms with E-state index in [1.807, 2.05) is 73.7 Å². The van der Waals surface area contributed by atoms with Crippen LogP contribution in [0.3, 0.4) is 0 Å². The van der Waals surface area contributed by atoms with Crippen LogP contribution >= 0.6 is 0 Å². The Kier molecular flexibility index (Phi) is 7.01. The van der Waals surface area contributed by atoms with Gasteiger partial charge in [-0.2, -0.15) is 0 Å². The van der Waals surface area contributed by atoms with Crippen molar-refractivity contribution in [3.63, 3.8) is 0 Å². The highest BCUT2D eigenvalue weighted by molar-refractivity contribution is 5.98. The Morgan fingerprint density at radius 1 is 0.914 bits per heavy atom. The van der Waals surface area contributed by atoms with Crippen LogP contribution in [-0.2, 0) is 4.79 Å². The second kappa shape index (κ2) is 10.3. The Bertz CT molecular complexity index is 1220. The molecule has 0 spiro atoms. The van der Waals surface area contributed by atoms with Gasteiger partial charge < -0.3 is 19.7 Å². The largest absolute Gasteiger partial charge is 0.497 e. The number of carbonyl (C=O) groups is 2. The maximum absolute atomic E-state index is 13.1. The zero-order chi connectivity index (χ0) is 24.9. The van der Waals surface area contributed by atoms with Gasteiger partial charge in [0.2, 0.25) is 12.3 Å². The predicted molar refractivity (Wildman–Crippen MR) is 134 cm³/mol. The van der Waals surface area contributed by atoms with Gasteiger partial charge in [0.15, 0.2) is 6.04 Å². The first-order valence-electron chi connectivity index (χ1n) is 11.2. The maximum Gasteiger partial charge on any atom is 0.304 e. The lowest BCUT2D eigenvalue weighted by Gasteiger charge is -2.15. The van der Waals surface area contributed by atoms with Crippen LogP contribution in [0.15, 0.2) is 72.8 Å². The molecule has 0 bridgehead atoms. The lowest BCUT2D eigenvalue weighted by molar-refractivity contribution is -0.596. The maximum atomic E-state index is 13.1. The number of hydrogen-bond donors (Lipinski definition) is 2. The van der Waals surface area contributed by atoms with Gasteiger partial charge in [0.25, 0.3) is 5.91 Å². The van der Waals surface area contributed by atoms with E-state index in [0.717, 1.165) is 16.8 Å². The molecule has 0 unspecified atom stereocenters. The van der Waals surface area contributed by atoms with Gasteiger partial charge in [-0.05, 0) is 72.8 Å². The number of ether oxygens (including phenoxy) is 2. The molecule has 8 nitrogen and oxygen atoms in total. The Morgan fingerprint density at radius 3 is 2.03 bits per heavy atom. The summed E-state index contributed by atoms with van der Waals surface area (Å²) in [6.45, 7) is 0. The number of hydrogen-bond acceptors (Lipinski definition) is 5. The molecule has 2 amide bonds. The molecule has 1 saturated heterocycles. The topological polar surface area (TPSA) is 82.9 Å². The lowest BCUT2D eigenvalue weighted by Crippen LogP contribution is -2.42. The van der Waals surface area contributed by atoms with E-state index in [-0.39, 0.29) is 11.8 Å². The van der Waals surface area contributed by atoms with Crippen LogP contribution in [0.1, 0.15) is 27.5 Å². The molecule has 180 valence electrons. The van der Waals surface area contributed by atoms with Crippen molar-refractivity contribution in [2.75, 3.05) is 33.2 Å². The molecule has 1 aliphatic rings. The zero-order valence-electron chi connectivity index (χ0n) is 20.2. The van der Waals surface area contributed by atoms with Gasteiger partial charge in [-0.3, -0.25) is 9.59 Å². The molecule has 0 aliphatic carbocycles. The molecule has 2 atom stereocenters. The van der Waals surface area contributed by atoms with Gasteiger partial charge in [-0.1, -0.05) is 0 Å². The van der Waals surface area contributed by atoms with Crippen LogP contribution in [0, 0.1) is 0 Å². The van der Waals surface area contributed by atoms with E-state index in [0.29, 0.717) is 17.1 Å². The van der Waals surface area contributed by atoms with E-state index < -0.39 is 12.1 Å². The summed E-state index contributed by atoms with van der Waals surface area (Å²) in [6, 6.07) is 20.9. The third-order valence-corrected chi connectivity index (χ3v) is 5.93. The quantitative estimate of drug-likeness (QED) is 0.516. The standard InChI is InChI=1S/C27H28N4O4/c1-30(2)21-11-5-18(6-12-21)17-31-25(19-7-13-22(34-3)14-8-19)24(27(33)29-31)28-26(32)20-9-15-23(35-4)16-10-20/h5-17,24-25H,1-4H3,(H-,28,29,32,33)/p+1/t24-,25-/m1/s1. The Balaban J connectivity index is 1.67. The van der Waals surface area contributed by atoms with Crippen molar-refractivity contribution in [2.45, 2.75) is 12.1 Å². The third-order valence-electron chi connectivity index (χ3n) is 5.93. The van der Waals surface area contributed by atoms with Crippen molar-refractivity contribution in [1.82, 2.24) is 10.7 Å². The van der Waals surface area contributed by atoms with E-state index in [2.05, 4.69) is 10.7 Å². The van der Waals surface area contributed by atoms with Gasteiger partial charge >= 0.3 is 5.91 Å². The summed E-state index contributed by atoms with van der Waals surface area (Å²) < 4.78 is 12.2. The minimum Gasteiger partial charge on any atom is -0.497 e. The van der Waals surface area contributed by atoms with Crippen LogP contribution < -0.4 is 25.1 Å². The Labute approximate surface area is 204 Å². The van der Waals surface area contributed by atoms with Gasteiger partial charge in [0, 0.05) is 36.5 Å². The minimum absolute atomic E-state index is 0.297. The normalized spacial score (nSPS) is 18.2. The summed E-state index contributed by atoms with van der Waals surface area (Å²) in [5.41, 5.74) is 6.18. The van der Waals surface area contributed by atoms with Gasteiger partial charge in [0.1, 0.15) is 11.5 Å². The van der Waals surface area contributed by atoms with Crippen molar-refractivity contribution >= 4 is 23.7 Å². The number of nitrogens with zero attached hydrogens (tertiary/aromatic N) is 2. The van der Waals surface area contributed by atoms with Crippen molar-refractivity contribution in [3.05, 3.63) is 89.5 Å². The number of anilines is 1. The highest BCUT2D eigenvalue weighted by Gasteiger charge is 2.47. The fraction of sp³-hybridized carbons (Fsp3) is 0.222. The second-order valence-corrected chi connectivity index (χ2v) is 8.40. The SMILES string of the molecule is COc1ccc(C(=O)N[C@H]2C(=O)N/[N+](=C\c3ccc(N(C)C)cc3)[C@@H]2c2ccc(OC)cc2)cc1. The molecule has 1 aliphatic heterocycles. The number of hydrazine groups is 1. The molecular formula is C27H29N4O4+. The number of methoxy groups -OCH3 is 2. The minimum atomic E-state index is -0.810.